The Labute approximate surface area is 209 Å². The number of hydrogen-bond acceptors (Lipinski definition) is 2. The van der Waals surface area contributed by atoms with Crippen molar-refractivity contribution in [2.75, 3.05) is 0 Å². The van der Waals surface area contributed by atoms with E-state index in [0.29, 0.717) is 0 Å². The molecule has 0 bridgehead atoms. The van der Waals surface area contributed by atoms with Crippen LogP contribution in [-0.4, -0.2) is 14.5 Å². The van der Waals surface area contributed by atoms with Gasteiger partial charge in [-0.15, -0.1) is 0 Å². The van der Waals surface area contributed by atoms with Gasteiger partial charge >= 0.3 is 0 Å². The van der Waals surface area contributed by atoms with Crippen molar-refractivity contribution in [3.05, 3.63) is 145 Å². The second kappa shape index (κ2) is 8.47. The topological polar surface area (TPSA) is 30.7 Å². The molecule has 0 aromatic heterocycles. The summed E-state index contributed by atoms with van der Waals surface area (Å²) in [4.78, 5) is 9.69. The lowest BCUT2D eigenvalue weighted by Crippen LogP contribution is -2.13. The third-order valence-corrected chi connectivity index (χ3v) is 6.93. The zero-order valence-corrected chi connectivity index (χ0v) is 19.6. The van der Waals surface area contributed by atoms with E-state index in [1.54, 1.807) is 0 Å². The van der Waals surface area contributed by atoms with E-state index in [-0.39, 0.29) is 6.04 Å². The quantitative estimate of drug-likeness (QED) is 0.266. The number of imidazole rings is 1. The van der Waals surface area contributed by atoms with Crippen LogP contribution in [0.5, 0.6) is 0 Å². The summed E-state index contributed by atoms with van der Waals surface area (Å²) in [5, 5.41) is 4.97. The maximum absolute atomic E-state index is 4.89. The van der Waals surface area contributed by atoms with Gasteiger partial charge < -0.3 is 4.57 Å². The first-order valence-electron chi connectivity index (χ1n) is 12.2. The molecule has 0 fully saturated rings. The van der Waals surface area contributed by atoms with E-state index in [2.05, 4.69) is 120 Å². The van der Waals surface area contributed by atoms with Crippen LogP contribution in [0.25, 0.3) is 44.3 Å². The second-order valence-electron chi connectivity index (χ2n) is 9.15. The van der Waals surface area contributed by atoms with Crippen molar-refractivity contribution < 1.29 is 0 Å². The van der Waals surface area contributed by atoms with Gasteiger partial charge in [-0.1, -0.05) is 109 Å². The molecule has 2 aliphatic rings. The van der Waals surface area contributed by atoms with Gasteiger partial charge in [0.15, 0.2) is 5.82 Å². The van der Waals surface area contributed by atoms with Gasteiger partial charge in [-0.2, -0.15) is 0 Å². The summed E-state index contributed by atoms with van der Waals surface area (Å²) in [5.41, 5.74) is 5.32. The minimum absolute atomic E-state index is 0.0121. The fourth-order valence-electron chi connectivity index (χ4n) is 5.18. The molecule has 170 valence electrons. The van der Waals surface area contributed by atoms with E-state index in [1.165, 1.54) is 32.7 Å². The third kappa shape index (κ3) is 3.53. The van der Waals surface area contributed by atoms with Crippen LogP contribution < -0.4 is 0 Å². The van der Waals surface area contributed by atoms with Gasteiger partial charge in [0, 0.05) is 18.0 Å². The molecule has 0 saturated carbocycles. The van der Waals surface area contributed by atoms with Crippen molar-refractivity contribution in [1.82, 2.24) is 14.5 Å². The number of hydrogen-bond donors (Lipinski definition) is 0. The Balaban J connectivity index is 1.44. The van der Waals surface area contributed by atoms with Crippen molar-refractivity contribution in [2.45, 2.75) is 6.04 Å². The number of aromatic nitrogens is 3. The van der Waals surface area contributed by atoms with Crippen molar-refractivity contribution >= 4 is 21.5 Å². The Morgan fingerprint density at radius 3 is 2.17 bits per heavy atom. The minimum Gasteiger partial charge on any atom is -0.340 e. The molecule has 2 aliphatic heterocycles. The highest BCUT2D eigenvalue weighted by Gasteiger charge is 2.21. The summed E-state index contributed by atoms with van der Waals surface area (Å²) in [6.45, 7) is 0. The molecule has 1 unspecified atom stereocenters. The minimum atomic E-state index is -0.0121. The summed E-state index contributed by atoms with van der Waals surface area (Å²) >= 11 is 0. The zero-order chi connectivity index (χ0) is 23.9. The van der Waals surface area contributed by atoms with E-state index in [0.717, 1.165) is 22.8 Å². The average Bonchev–Trinajstić information content (AvgIpc) is 3.38. The van der Waals surface area contributed by atoms with Crippen LogP contribution in [0.3, 0.4) is 0 Å². The van der Waals surface area contributed by atoms with Gasteiger partial charge in [0.05, 0.1) is 11.7 Å². The summed E-state index contributed by atoms with van der Waals surface area (Å²) in [7, 11) is 0. The Kier molecular flexibility index (Phi) is 4.85. The lowest BCUT2D eigenvalue weighted by Gasteiger charge is -2.24. The Morgan fingerprint density at radius 1 is 0.556 bits per heavy atom. The van der Waals surface area contributed by atoms with Crippen LogP contribution in [0.2, 0.25) is 0 Å². The number of rotatable bonds is 4. The number of pyridine rings is 1. The van der Waals surface area contributed by atoms with Crippen LogP contribution in [0.4, 0.5) is 0 Å². The van der Waals surface area contributed by atoms with Crippen LogP contribution in [0, 0.1) is 0 Å². The predicted octanol–water partition coefficient (Wildman–Crippen LogP) is 7.99. The third-order valence-electron chi connectivity index (χ3n) is 6.93. The van der Waals surface area contributed by atoms with Crippen molar-refractivity contribution in [3.63, 3.8) is 0 Å². The van der Waals surface area contributed by atoms with Gasteiger partial charge in [-0.05, 0) is 44.8 Å². The molecule has 0 spiro atoms. The average molecular weight is 462 g/mol. The standard InChI is InChI=1S/C33H23N3/c1-2-11-25(12-3-1)33-34-30-19-20-36(22-31(30)35-33)32(27-18-17-23-9-4-5-13-26(23)21-27)29-16-8-14-24-10-6-7-15-28(24)29/h1-22,32H. The van der Waals surface area contributed by atoms with Crippen LogP contribution in [-0.2, 0) is 0 Å². The molecular weight excluding hydrogens is 438 g/mol. The molecule has 3 nitrogen and oxygen atoms in total. The van der Waals surface area contributed by atoms with E-state index in [9.17, 15) is 0 Å². The molecule has 36 heavy (non-hydrogen) atoms. The van der Waals surface area contributed by atoms with Crippen molar-refractivity contribution in [2.24, 2.45) is 0 Å². The monoisotopic (exact) mass is 461 g/mol. The number of benzene rings is 5. The van der Waals surface area contributed by atoms with E-state index in [4.69, 9.17) is 9.97 Å². The number of fused-ring (bicyclic) bond motifs is 3. The highest BCUT2D eigenvalue weighted by Crippen LogP contribution is 2.35. The molecule has 0 amide bonds. The van der Waals surface area contributed by atoms with Crippen molar-refractivity contribution in [3.8, 4) is 22.8 Å². The van der Waals surface area contributed by atoms with Crippen LogP contribution in [0.15, 0.2) is 134 Å². The Bertz CT molecular complexity index is 1790. The number of nitrogens with zero attached hydrogens (tertiary/aromatic N) is 3. The second-order valence-corrected chi connectivity index (χ2v) is 9.15. The first-order chi connectivity index (χ1) is 17.8. The Morgan fingerprint density at radius 2 is 1.28 bits per heavy atom. The maximum atomic E-state index is 4.89. The van der Waals surface area contributed by atoms with E-state index in [1.807, 2.05) is 18.2 Å². The molecule has 0 N–H and O–H groups in total. The molecule has 7 rings (SSSR count). The zero-order valence-electron chi connectivity index (χ0n) is 19.6. The molecule has 5 aromatic carbocycles. The smallest absolute Gasteiger partial charge is 0.160 e. The van der Waals surface area contributed by atoms with Crippen LogP contribution >= 0.6 is 0 Å². The summed E-state index contributed by atoms with van der Waals surface area (Å²) < 4.78 is 2.28. The fourth-order valence-corrected chi connectivity index (χ4v) is 5.18. The van der Waals surface area contributed by atoms with Gasteiger partial charge in [0.2, 0.25) is 0 Å². The highest BCUT2D eigenvalue weighted by molar-refractivity contribution is 5.87. The maximum Gasteiger partial charge on any atom is 0.160 e. The predicted molar refractivity (Wildman–Crippen MR) is 147 cm³/mol. The van der Waals surface area contributed by atoms with Gasteiger partial charge in [0.25, 0.3) is 0 Å². The van der Waals surface area contributed by atoms with Gasteiger partial charge in [-0.25, -0.2) is 9.97 Å². The fraction of sp³-hybridized carbons (Fsp3) is 0.0303. The molecule has 0 saturated heterocycles. The lowest BCUT2D eigenvalue weighted by atomic mass is 9.92. The van der Waals surface area contributed by atoms with Crippen molar-refractivity contribution in [1.29, 1.82) is 0 Å². The first kappa shape index (κ1) is 20.6. The lowest BCUT2D eigenvalue weighted by molar-refractivity contribution is 0.677. The van der Waals surface area contributed by atoms with Gasteiger partial charge in [0.1, 0.15) is 5.69 Å². The molecule has 0 radical (unpaired) electrons. The molecule has 1 atom stereocenters. The molecule has 5 aromatic rings. The molecule has 0 aliphatic carbocycles. The molecule has 2 heterocycles. The highest BCUT2D eigenvalue weighted by atomic mass is 15.0. The summed E-state index contributed by atoms with van der Waals surface area (Å²) in [6.07, 6.45) is 4.27. The first-order valence-corrected chi connectivity index (χ1v) is 12.2. The van der Waals surface area contributed by atoms with E-state index < -0.39 is 0 Å². The van der Waals surface area contributed by atoms with E-state index >= 15 is 0 Å². The van der Waals surface area contributed by atoms with Gasteiger partial charge in [-0.3, -0.25) is 0 Å². The molecular formula is C33H23N3. The Hall–Kier alpha value is -4.76. The molecule has 3 heteroatoms. The SMILES string of the molecule is c1ccc(-c2nc3ccn(C(c4ccc5ccccc5c4)c4cccc5ccccc45)cc-3n2)cc1. The van der Waals surface area contributed by atoms with Crippen LogP contribution in [0.1, 0.15) is 17.2 Å². The summed E-state index contributed by atoms with van der Waals surface area (Å²) in [5.74, 6) is 0.760. The largest absolute Gasteiger partial charge is 0.340 e. The normalized spacial score (nSPS) is 12.3. The summed E-state index contributed by atoms with van der Waals surface area (Å²) in [6, 6.07) is 42.7.